The Morgan fingerprint density at radius 1 is 0.826 bits per heavy atom. The van der Waals surface area contributed by atoms with Crippen LogP contribution >= 0.6 is 0 Å². The first-order valence-electron chi connectivity index (χ1n) is 6.67. The van der Waals surface area contributed by atoms with E-state index in [1.807, 2.05) is 0 Å². The highest BCUT2D eigenvalue weighted by Gasteiger charge is 2.24. The minimum Gasteiger partial charge on any atom is -0.496 e. The Morgan fingerprint density at radius 2 is 1.35 bits per heavy atom. The predicted octanol–water partition coefficient (Wildman–Crippen LogP) is 3.07. The summed E-state index contributed by atoms with van der Waals surface area (Å²) in [5.41, 5.74) is 0.383. The van der Waals surface area contributed by atoms with Crippen LogP contribution < -0.4 is 4.74 Å². The van der Waals surface area contributed by atoms with Crippen molar-refractivity contribution in [2.24, 2.45) is 0 Å². The van der Waals surface area contributed by atoms with Gasteiger partial charge in [-0.05, 0) is 12.1 Å². The average molecular weight is 318 g/mol. The molecule has 0 saturated carbocycles. The molecular weight excluding hydrogens is 303 g/mol. The summed E-state index contributed by atoms with van der Waals surface area (Å²) in [5, 5.41) is 0. The molecule has 0 saturated heterocycles. The molecule has 0 aliphatic rings. The predicted molar refractivity (Wildman–Crippen MR) is 81.1 cm³/mol. The second-order valence-electron chi connectivity index (χ2n) is 4.53. The molecule has 120 valence electrons. The van der Waals surface area contributed by atoms with E-state index in [1.165, 1.54) is 26.4 Å². The summed E-state index contributed by atoms with van der Waals surface area (Å²) in [7, 11) is 3.79. The molecule has 2 rings (SSSR count). The van der Waals surface area contributed by atoms with Crippen LogP contribution in [-0.4, -0.2) is 33.3 Å². The van der Waals surface area contributed by atoms with Crippen LogP contribution in [0.4, 0.5) is 4.39 Å². The minimum absolute atomic E-state index is 0.105. The van der Waals surface area contributed by atoms with Gasteiger partial charge in [0, 0.05) is 11.1 Å². The first kappa shape index (κ1) is 16.5. The Kier molecular flexibility index (Phi) is 4.95. The standard InChI is InChI=1S/C17H15FO5/c1-21-13-9-5-7-11(15(13)17(20)23-3)10-6-4-8-12(18)14(10)16(19)22-2/h4-9H,1-3H3. The summed E-state index contributed by atoms with van der Waals surface area (Å²) in [6, 6.07) is 8.90. The number of esters is 2. The van der Waals surface area contributed by atoms with Crippen molar-refractivity contribution >= 4 is 11.9 Å². The molecular formula is C17H15FO5. The molecule has 2 aromatic rings. The summed E-state index contributed by atoms with van der Waals surface area (Å²) in [6.45, 7) is 0. The topological polar surface area (TPSA) is 61.8 Å². The number of halogens is 1. The van der Waals surface area contributed by atoms with Crippen molar-refractivity contribution in [1.29, 1.82) is 0 Å². The van der Waals surface area contributed by atoms with E-state index < -0.39 is 17.8 Å². The van der Waals surface area contributed by atoms with Gasteiger partial charge in [-0.2, -0.15) is 0 Å². The Hall–Kier alpha value is -2.89. The zero-order chi connectivity index (χ0) is 17.0. The minimum atomic E-state index is -0.836. The van der Waals surface area contributed by atoms with Gasteiger partial charge in [0.1, 0.15) is 22.7 Å². The third-order valence-corrected chi connectivity index (χ3v) is 3.33. The number of hydrogen-bond donors (Lipinski definition) is 0. The summed E-state index contributed by atoms with van der Waals surface area (Å²) in [5.74, 6) is -1.98. The lowest BCUT2D eigenvalue weighted by molar-refractivity contribution is 0.0585. The molecule has 0 amide bonds. The third-order valence-electron chi connectivity index (χ3n) is 3.33. The Morgan fingerprint density at radius 3 is 1.91 bits per heavy atom. The lowest BCUT2D eigenvalue weighted by Crippen LogP contribution is -2.10. The highest BCUT2D eigenvalue weighted by molar-refractivity contribution is 6.04. The van der Waals surface area contributed by atoms with Crippen molar-refractivity contribution in [1.82, 2.24) is 0 Å². The van der Waals surface area contributed by atoms with Crippen LogP contribution in [0.3, 0.4) is 0 Å². The highest BCUT2D eigenvalue weighted by atomic mass is 19.1. The van der Waals surface area contributed by atoms with Crippen LogP contribution in [0.15, 0.2) is 36.4 Å². The van der Waals surface area contributed by atoms with Crippen molar-refractivity contribution in [3.05, 3.63) is 53.3 Å². The third kappa shape index (κ3) is 3.01. The molecule has 6 heteroatoms. The Balaban J connectivity index is 2.80. The maximum atomic E-state index is 14.1. The Bertz CT molecular complexity index is 755. The zero-order valence-electron chi connectivity index (χ0n) is 12.9. The molecule has 0 aromatic heterocycles. The van der Waals surface area contributed by atoms with E-state index >= 15 is 0 Å². The van der Waals surface area contributed by atoms with Crippen LogP contribution in [0.25, 0.3) is 11.1 Å². The van der Waals surface area contributed by atoms with Gasteiger partial charge in [-0.15, -0.1) is 0 Å². The van der Waals surface area contributed by atoms with E-state index in [0.717, 1.165) is 13.2 Å². The lowest BCUT2D eigenvalue weighted by Gasteiger charge is -2.15. The lowest BCUT2D eigenvalue weighted by atomic mass is 9.94. The van der Waals surface area contributed by atoms with Crippen molar-refractivity contribution < 1.29 is 28.2 Å². The van der Waals surface area contributed by atoms with Crippen LogP contribution in [0.2, 0.25) is 0 Å². The van der Waals surface area contributed by atoms with Gasteiger partial charge in [-0.25, -0.2) is 14.0 Å². The number of hydrogen-bond acceptors (Lipinski definition) is 5. The quantitative estimate of drug-likeness (QED) is 0.811. The molecule has 23 heavy (non-hydrogen) atoms. The maximum Gasteiger partial charge on any atom is 0.342 e. The van der Waals surface area contributed by atoms with Crippen molar-refractivity contribution in [2.75, 3.05) is 21.3 Å². The van der Waals surface area contributed by atoms with Gasteiger partial charge < -0.3 is 14.2 Å². The van der Waals surface area contributed by atoms with Gasteiger partial charge in [0.15, 0.2) is 0 Å². The fourth-order valence-corrected chi connectivity index (χ4v) is 2.30. The van der Waals surface area contributed by atoms with E-state index in [4.69, 9.17) is 9.47 Å². The molecule has 0 aliphatic heterocycles. The first-order chi connectivity index (χ1) is 11.0. The highest BCUT2D eigenvalue weighted by Crippen LogP contribution is 2.34. The monoisotopic (exact) mass is 318 g/mol. The normalized spacial score (nSPS) is 10.1. The van der Waals surface area contributed by atoms with Gasteiger partial charge in [-0.1, -0.05) is 24.3 Å². The summed E-state index contributed by atoms with van der Waals surface area (Å²) in [6.07, 6.45) is 0. The molecule has 0 unspecified atom stereocenters. The van der Waals surface area contributed by atoms with E-state index in [1.54, 1.807) is 18.2 Å². The number of rotatable bonds is 4. The maximum absolute atomic E-state index is 14.1. The van der Waals surface area contributed by atoms with Crippen LogP contribution in [-0.2, 0) is 9.47 Å². The second-order valence-corrected chi connectivity index (χ2v) is 4.53. The first-order valence-corrected chi connectivity index (χ1v) is 6.67. The Labute approximate surface area is 132 Å². The van der Waals surface area contributed by atoms with Crippen LogP contribution in [0.1, 0.15) is 20.7 Å². The van der Waals surface area contributed by atoms with Crippen LogP contribution in [0, 0.1) is 5.82 Å². The molecule has 0 aliphatic carbocycles. The SMILES string of the molecule is COC(=O)c1c(F)cccc1-c1cccc(OC)c1C(=O)OC. The van der Waals surface area contributed by atoms with Gasteiger partial charge >= 0.3 is 11.9 Å². The zero-order valence-corrected chi connectivity index (χ0v) is 12.9. The van der Waals surface area contributed by atoms with Gasteiger partial charge in [-0.3, -0.25) is 0 Å². The number of benzene rings is 2. The molecule has 0 atom stereocenters. The number of methoxy groups -OCH3 is 3. The average Bonchev–Trinajstić information content (AvgIpc) is 2.59. The second kappa shape index (κ2) is 6.91. The van der Waals surface area contributed by atoms with E-state index in [0.29, 0.717) is 5.56 Å². The van der Waals surface area contributed by atoms with Crippen LogP contribution in [0.5, 0.6) is 5.75 Å². The van der Waals surface area contributed by atoms with Crippen molar-refractivity contribution in [3.63, 3.8) is 0 Å². The fraction of sp³-hybridized carbons (Fsp3) is 0.176. The van der Waals surface area contributed by atoms with Crippen molar-refractivity contribution in [3.8, 4) is 16.9 Å². The molecule has 0 heterocycles. The van der Waals surface area contributed by atoms with E-state index in [-0.39, 0.29) is 22.4 Å². The van der Waals surface area contributed by atoms with E-state index in [9.17, 15) is 14.0 Å². The van der Waals surface area contributed by atoms with E-state index in [2.05, 4.69) is 4.74 Å². The molecule has 0 N–H and O–H groups in total. The molecule has 0 fully saturated rings. The number of carbonyl (C=O) groups is 2. The fourth-order valence-electron chi connectivity index (χ4n) is 2.30. The molecule has 0 radical (unpaired) electrons. The smallest absolute Gasteiger partial charge is 0.342 e. The number of ether oxygens (including phenoxy) is 3. The molecule has 0 bridgehead atoms. The summed E-state index contributed by atoms with van der Waals surface area (Å²) < 4.78 is 28.7. The summed E-state index contributed by atoms with van der Waals surface area (Å²) >= 11 is 0. The molecule has 0 spiro atoms. The van der Waals surface area contributed by atoms with Gasteiger partial charge in [0.25, 0.3) is 0 Å². The largest absolute Gasteiger partial charge is 0.496 e. The number of carbonyl (C=O) groups excluding carboxylic acids is 2. The molecule has 5 nitrogen and oxygen atoms in total. The summed E-state index contributed by atoms with van der Waals surface area (Å²) in [4.78, 5) is 24.0. The van der Waals surface area contributed by atoms with Gasteiger partial charge in [0.05, 0.1) is 21.3 Å². The molecule has 2 aromatic carbocycles. The van der Waals surface area contributed by atoms with Crippen molar-refractivity contribution in [2.45, 2.75) is 0 Å². The van der Waals surface area contributed by atoms with Gasteiger partial charge in [0.2, 0.25) is 0 Å².